The number of hydrogen-bond acceptors (Lipinski definition) is 4. The first kappa shape index (κ1) is 15.8. The lowest BCUT2D eigenvalue weighted by Crippen LogP contribution is -2.50. The summed E-state index contributed by atoms with van der Waals surface area (Å²) in [6.07, 6.45) is 2.16. The van der Waals surface area contributed by atoms with E-state index in [1.807, 2.05) is 23.7 Å². The molecule has 2 saturated heterocycles. The average Bonchev–Trinajstić information content (AvgIpc) is 3.10. The van der Waals surface area contributed by atoms with Crippen molar-refractivity contribution in [1.82, 2.24) is 15.1 Å². The second kappa shape index (κ2) is 7.49. The quantitative estimate of drug-likeness (QED) is 0.917. The van der Waals surface area contributed by atoms with Crippen LogP contribution in [-0.2, 0) is 11.3 Å². The number of amides is 1. The van der Waals surface area contributed by atoms with Gasteiger partial charge >= 0.3 is 0 Å². The van der Waals surface area contributed by atoms with E-state index in [0.717, 1.165) is 44.1 Å². The van der Waals surface area contributed by atoms with Gasteiger partial charge in [0.05, 0.1) is 6.04 Å². The number of likely N-dealkylation sites (tertiary alicyclic amines) is 1. The van der Waals surface area contributed by atoms with E-state index in [1.54, 1.807) is 0 Å². The number of nitrogens with one attached hydrogen (secondary N) is 1. The molecule has 0 aromatic heterocycles. The Bertz CT molecular complexity index is 482. The molecule has 2 aliphatic heterocycles. The van der Waals surface area contributed by atoms with E-state index < -0.39 is 0 Å². The molecule has 1 atom stereocenters. The summed E-state index contributed by atoms with van der Waals surface area (Å²) in [6, 6.07) is 11.0. The van der Waals surface area contributed by atoms with Crippen LogP contribution in [-0.4, -0.2) is 59.6 Å². The first-order valence-electron chi connectivity index (χ1n) is 8.08. The van der Waals surface area contributed by atoms with Crippen LogP contribution in [0.2, 0.25) is 0 Å². The highest BCUT2D eigenvalue weighted by molar-refractivity contribution is 7.99. The van der Waals surface area contributed by atoms with Gasteiger partial charge in [-0.15, -0.1) is 11.8 Å². The Hall–Kier alpha value is -1.04. The second-order valence-corrected chi connectivity index (χ2v) is 7.24. The predicted molar refractivity (Wildman–Crippen MR) is 91.8 cm³/mol. The van der Waals surface area contributed by atoms with Gasteiger partial charge in [0.2, 0.25) is 5.91 Å². The highest BCUT2D eigenvalue weighted by Gasteiger charge is 2.31. The number of rotatable bonds is 4. The Morgan fingerprint density at radius 1 is 1.32 bits per heavy atom. The summed E-state index contributed by atoms with van der Waals surface area (Å²) < 4.78 is 0. The van der Waals surface area contributed by atoms with Crippen molar-refractivity contribution in [1.29, 1.82) is 0 Å². The zero-order valence-corrected chi connectivity index (χ0v) is 14.0. The van der Waals surface area contributed by atoms with Crippen molar-refractivity contribution in [3.05, 3.63) is 35.9 Å². The summed E-state index contributed by atoms with van der Waals surface area (Å²) in [7, 11) is 1.98. The molecular formula is C17H25N3OS. The van der Waals surface area contributed by atoms with Crippen molar-refractivity contribution in [2.45, 2.75) is 31.5 Å². The molecule has 5 heteroatoms. The monoisotopic (exact) mass is 319 g/mol. The van der Waals surface area contributed by atoms with Gasteiger partial charge in [0.25, 0.3) is 0 Å². The number of carbonyl (C=O) groups is 1. The first-order valence-corrected chi connectivity index (χ1v) is 9.23. The van der Waals surface area contributed by atoms with Gasteiger partial charge in [-0.2, -0.15) is 0 Å². The maximum absolute atomic E-state index is 12.5. The molecule has 2 heterocycles. The summed E-state index contributed by atoms with van der Waals surface area (Å²) in [5, 5.41) is 3.28. The molecular weight excluding hydrogens is 294 g/mol. The van der Waals surface area contributed by atoms with Gasteiger partial charge in [0.15, 0.2) is 0 Å². The van der Waals surface area contributed by atoms with Crippen LogP contribution in [0.25, 0.3) is 0 Å². The molecule has 0 radical (unpaired) electrons. The number of benzene rings is 1. The lowest BCUT2D eigenvalue weighted by molar-refractivity contribution is -0.134. The third-order valence-electron chi connectivity index (χ3n) is 4.72. The molecule has 0 saturated carbocycles. The average molecular weight is 319 g/mol. The number of nitrogens with zero attached hydrogens (tertiary/aromatic N) is 2. The number of piperidine rings is 1. The lowest BCUT2D eigenvalue weighted by Gasteiger charge is -2.37. The molecule has 4 nitrogen and oxygen atoms in total. The van der Waals surface area contributed by atoms with E-state index >= 15 is 0 Å². The fraction of sp³-hybridized carbons (Fsp3) is 0.588. The van der Waals surface area contributed by atoms with E-state index in [9.17, 15) is 4.79 Å². The summed E-state index contributed by atoms with van der Waals surface area (Å²) in [4.78, 5) is 16.9. The normalized spacial score (nSPS) is 23.6. The van der Waals surface area contributed by atoms with Crippen molar-refractivity contribution in [2.24, 2.45) is 0 Å². The van der Waals surface area contributed by atoms with Crippen LogP contribution in [0, 0.1) is 0 Å². The van der Waals surface area contributed by atoms with E-state index in [-0.39, 0.29) is 11.9 Å². The molecule has 22 heavy (non-hydrogen) atoms. The minimum atomic E-state index is 0.0253. The fourth-order valence-electron chi connectivity index (χ4n) is 3.29. The molecule has 0 bridgehead atoms. The Labute approximate surface area is 137 Å². The minimum absolute atomic E-state index is 0.0253. The molecule has 2 aliphatic rings. The molecule has 1 unspecified atom stereocenters. The molecule has 0 spiro atoms. The maximum atomic E-state index is 12.5. The SMILES string of the molecule is CN(C(=O)C1CSCN1)C1CCN(Cc2ccccc2)CC1. The Balaban J connectivity index is 1.47. The number of carbonyl (C=O) groups excluding carboxylic acids is 1. The van der Waals surface area contributed by atoms with Crippen LogP contribution in [0.3, 0.4) is 0 Å². The predicted octanol–water partition coefficient (Wildman–Crippen LogP) is 1.77. The Morgan fingerprint density at radius 2 is 2.05 bits per heavy atom. The topological polar surface area (TPSA) is 35.6 Å². The van der Waals surface area contributed by atoms with Crippen molar-refractivity contribution in [3.8, 4) is 0 Å². The van der Waals surface area contributed by atoms with E-state index in [0.29, 0.717) is 6.04 Å². The highest BCUT2D eigenvalue weighted by atomic mass is 32.2. The van der Waals surface area contributed by atoms with Crippen LogP contribution in [0.15, 0.2) is 30.3 Å². The van der Waals surface area contributed by atoms with Crippen molar-refractivity contribution in [3.63, 3.8) is 0 Å². The molecule has 0 aliphatic carbocycles. The smallest absolute Gasteiger partial charge is 0.240 e. The van der Waals surface area contributed by atoms with Crippen LogP contribution in [0.5, 0.6) is 0 Å². The standard InChI is InChI=1S/C17H25N3OS/c1-19(17(21)16-12-22-13-18-16)15-7-9-20(10-8-15)11-14-5-3-2-4-6-14/h2-6,15-16,18H,7-13H2,1H3. The molecule has 120 valence electrons. The minimum Gasteiger partial charge on any atom is -0.341 e. The van der Waals surface area contributed by atoms with Gasteiger partial charge in [-0.25, -0.2) is 0 Å². The number of thioether (sulfide) groups is 1. The third-order valence-corrected chi connectivity index (χ3v) is 5.66. The highest BCUT2D eigenvalue weighted by Crippen LogP contribution is 2.20. The summed E-state index contributed by atoms with van der Waals surface area (Å²) >= 11 is 1.81. The van der Waals surface area contributed by atoms with Gasteiger partial charge in [-0.3, -0.25) is 15.0 Å². The van der Waals surface area contributed by atoms with Crippen LogP contribution in [0.4, 0.5) is 0 Å². The number of hydrogen-bond donors (Lipinski definition) is 1. The van der Waals surface area contributed by atoms with Crippen LogP contribution in [0.1, 0.15) is 18.4 Å². The van der Waals surface area contributed by atoms with E-state index in [4.69, 9.17) is 0 Å². The second-order valence-electron chi connectivity index (χ2n) is 6.21. The van der Waals surface area contributed by atoms with Gasteiger partial charge in [0.1, 0.15) is 0 Å². The Morgan fingerprint density at radius 3 is 2.68 bits per heavy atom. The van der Waals surface area contributed by atoms with Crippen molar-refractivity contribution >= 4 is 17.7 Å². The van der Waals surface area contributed by atoms with Gasteiger partial charge in [-0.1, -0.05) is 30.3 Å². The molecule has 3 rings (SSSR count). The molecule has 2 fully saturated rings. The van der Waals surface area contributed by atoms with Crippen molar-refractivity contribution in [2.75, 3.05) is 31.8 Å². The summed E-state index contributed by atoms with van der Waals surface area (Å²) in [6.45, 7) is 3.17. The van der Waals surface area contributed by atoms with Crippen LogP contribution >= 0.6 is 11.8 Å². The Kier molecular flexibility index (Phi) is 5.39. The zero-order valence-electron chi connectivity index (χ0n) is 13.2. The van der Waals surface area contributed by atoms with E-state index in [2.05, 4.69) is 40.5 Å². The van der Waals surface area contributed by atoms with Crippen LogP contribution < -0.4 is 5.32 Å². The largest absolute Gasteiger partial charge is 0.341 e. The zero-order chi connectivity index (χ0) is 15.4. The summed E-state index contributed by atoms with van der Waals surface area (Å²) in [5.74, 6) is 2.09. The lowest BCUT2D eigenvalue weighted by atomic mass is 10.0. The van der Waals surface area contributed by atoms with Gasteiger partial charge < -0.3 is 4.90 Å². The first-order chi connectivity index (χ1) is 10.7. The van der Waals surface area contributed by atoms with Crippen molar-refractivity contribution < 1.29 is 4.79 Å². The number of likely N-dealkylation sites (N-methyl/N-ethyl adjacent to an activating group) is 1. The summed E-state index contributed by atoms with van der Waals surface area (Å²) in [5.41, 5.74) is 1.37. The molecule has 1 aromatic carbocycles. The van der Waals surface area contributed by atoms with E-state index in [1.165, 1.54) is 5.56 Å². The maximum Gasteiger partial charge on any atom is 0.240 e. The molecule has 1 N–H and O–H groups in total. The van der Waals surface area contributed by atoms with Gasteiger partial charge in [0, 0.05) is 44.4 Å². The van der Waals surface area contributed by atoms with Gasteiger partial charge in [-0.05, 0) is 18.4 Å². The fourth-order valence-corrected chi connectivity index (χ4v) is 4.22. The third kappa shape index (κ3) is 3.83. The molecule has 1 amide bonds. The molecule has 1 aromatic rings.